The van der Waals surface area contributed by atoms with Crippen molar-refractivity contribution in [3.63, 3.8) is 0 Å². The fraction of sp³-hybridized carbons (Fsp3) is 0.375. The van der Waals surface area contributed by atoms with E-state index in [0.717, 1.165) is 21.8 Å². The zero-order chi connectivity index (χ0) is 13.8. The molecule has 0 amide bonds. The molecule has 0 atom stereocenters. The maximum absolute atomic E-state index is 6.35. The van der Waals surface area contributed by atoms with E-state index in [0.29, 0.717) is 5.92 Å². The van der Waals surface area contributed by atoms with Crippen molar-refractivity contribution < 1.29 is 0 Å². The molecule has 1 aromatic heterocycles. The molecule has 0 aliphatic heterocycles. The Bertz CT molecular complexity index is 584. The van der Waals surface area contributed by atoms with Crippen LogP contribution in [0, 0.1) is 5.92 Å². The molecule has 0 bridgehead atoms. The molecule has 1 aromatic carbocycles. The van der Waals surface area contributed by atoms with Crippen molar-refractivity contribution >= 4 is 17.7 Å². The van der Waals surface area contributed by atoms with Gasteiger partial charge in [0.1, 0.15) is 5.69 Å². The van der Waals surface area contributed by atoms with Crippen molar-refractivity contribution in [2.75, 3.05) is 0 Å². The molecule has 1 heterocycles. The van der Waals surface area contributed by atoms with Crippen LogP contribution in [0.25, 0.3) is 17.3 Å². The number of allylic oxidation sites excluding steroid dienone is 1. The van der Waals surface area contributed by atoms with Crippen LogP contribution in [0.4, 0.5) is 0 Å². The molecule has 0 radical (unpaired) electrons. The third-order valence-electron chi connectivity index (χ3n) is 3.93. The highest BCUT2D eigenvalue weighted by Crippen LogP contribution is 2.31. The van der Waals surface area contributed by atoms with E-state index in [-0.39, 0.29) is 0 Å². The average molecular weight is 288 g/mol. The first-order chi connectivity index (χ1) is 9.84. The summed E-state index contributed by atoms with van der Waals surface area (Å²) in [5.74, 6) is 0.685. The summed E-state index contributed by atoms with van der Waals surface area (Å²) in [6.45, 7) is 0. The molecule has 0 saturated heterocycles. The van der Waals surface area contributed by atoms with Crippen LogP contribution in [0.3, 0.4) is 0 Å². The van der Waals surface area contributed by atoms with Gasteiger partial charge in [0, 0.05) is 16.1 Å². The van der Waals surface area contributed by atoms with E-state index in [1.54, 1.807) is 6.20 Å². The van der Waals surface area contributed by atoms with Gasteiger partial charge in [-0.2, -0.15) is 15.4 Å². The Balaban J connectivity index is 1.90. The summed E-state index contributed by atoms with van der Waals surface area (Å²) in [6.07, 6.45) is 12.8. The summed E-state index contributed by atoms with van der Waals surface area (Å²) in [5.41, 5.74) is 2.89. The van der Waals surface area contributed by atoms with Gasteiger partial charge in [-0.05, 0) is 24.8 Å². The number of H-pyrrole nitrogens is 1. The molecule has 3 rings (SSSR count). The van der Waals surface area contributed by atoms with E-state index in [4.69, 9.17) is 11.6 Å². The number of nitrogens with one attached hydrogen (secondary N) is 1. The molecular formula is C16H18ClN3. The van der Waals surface area contributed by atoms with Gasteiger partial charge in [-0.3, -0.25) is 0 Å². The van der Waals surface area contributed by atoms with E-state index in [2.05, 4.69) is 27.6 Å². The van der Waals surface area contributed by atoms with E-state index < -0.39 is 0 Å². The number of aromatic nitrogens is 3. The largest absolute Gasteiger partial charge is 0.197 e. The molecule has 0 unspecified atom stereocenters. The van der Waals surface area contributed by atoms with Crippen LogP contribution in [0.15, 0.2) is 30.5 Å². The number of rotatable bonds is 3. The molecule has 2 aromatic rings. The highest BCUT2D eigenvalue weighted by molar-refractivity contribution is 6.32. The predicted octanol–water partition coefficient (Wildman–Crippen LogP) is 4.72. The van der Waals surface area contributed by atoms with E-state index in [1.165, 1.54) is 32.1 Å². The lowest BCUT2D eigenvalue weighted by Gasteiger charge is -2.18. The Morgan fingerprint density at radius 2 is 2.05 bits per heavy atom. The van der Waals surface area contributed by atoms with Crippen LogP contribution >= 0.6 is 11.6 Å². The van der Waals surface area contributed by atoms with Crippen LogP contribution in [0.1, 0.15) is 37.7 Å². The summed E-state index contributed by atoms with van der Waals surface area (Å²) in [4.78, 5) is 0. The van der Waals surface area contributed by atoms with E-state index in [9.17, 15) is 0 Å². The second kappa shape index (κ2) is 6.23. The average Bonchev–Trinajstić information content (AvgIpc) is 3.01. The fourth-order valence-electron chi connectivity index (χ4n) is 2.82. The molecule has 1 fully saturated rings. The predicted molar refractivity (Wildman–Crippen MR) is 82.4 cm³/mol. The van der Waals surface area contributed by atoms with Crippen LogP contribution in [-0.2, 0) is 0 Å². The zero-order valence-corrected chi connectivity index (χ0v) is 12.1. The summed E-state index contributed by atoms with van der Waals surface area (Å²) in [6, 6.07) is 5.90. The molecule has 1 N–H and O–H groups in total. The number of halogens is 1. The second-order valence-electron chi connectivity index (χ2n) is 5.31. The van der Waals surface area contributed by atoms with Gasteiger partial charge >= 0.3 is 0 Å². The summed E-state index contributed by atoms with van der Waals surface area (Å²) in [5, 5.41) is 11.4. The normalized spacial score (nSPS) is 16.9. The second-order valence-corrected chi connectivity index (χ2v) is 5.72. The maximum Gasteiger partial charge on any atom is 0.113 e. The Morgan fingerprint density at radius 3 is 2.80 bits per heavy atom. The highest BCUT2D eigenvalue weighted by atomic mass is 35.5. The van der Waals surface area contributed by atoms with Gasteiger partial charge in [-0.25, -0.2) is 0 Å². The number of hydrogen-bond acceptors (Lipinski definition) is 2. The first-order valence-corrected chi connectivity index (χ1v) is 7.55. The zero-order valence-electron chi connectivity index (χ0n) is 11.3. The molecule has 1 saturated carbocycles. The number of nitrogens with zero attached hydrogens (tertiary/aromatic N) is 2. The topological polar surface area (TPSA) is 41.6 Å². The van der Waals surface area contributed by atoms with Gasteiger partial charge < -0.3 is 0 Å². The van der Waals surface area contributed by atoms with Crippen LogP contribution in [0.2, 0.25) is 5.02 Å². The lowest BCUT2D eigenvalue weighted by molar-refractivity contribution is 0.420. The molecule has 1 aliphatic rings. The van der Waals surface area contributed by atoms with Crippen molar-refractivity contribution in [2.24, 2.45) is 5.92 Å². The smallest absolute Gasteiger partial charge is 0.113 e. The van der Waals surface area contributed by atoms with Crippen molar-refractivity contribution in [3.8, 4) is 11.3 Å². The SMILES string of the molecule is Clc1cccc(-c2cn[nH]n2)c1/C=C/C1CCCCC1. The minimum absolute atomic E-state index is 0.685. The standard InChI is InChI=1S/C16H18ClN3/c17-15-8-4-7-14(16-11-18-20-19-16)13(15)10-9-12-5-2-1-3-6-12/h4,7-12H,1-3,5-6H2,(H,18,19,20)/b10-9+. The molecule has 1 aliphatic carbocycles. The van der Waals surface area contributed by atoms with E-state index >= 15 is 0 Å². The summed E-state index contributed by atoms with van der Waals surface area (Å²) in [7, 11) is 0. The van der Waals surface area contributed by atoms with E-state index in [1.807, 2.05) is 18.2 Å². The van der Waals surface area contributed by atoms with Gasteiger partial charge in [-0.1, -0.05) is 55.1 Å². The third kappa shape index (κ3) is 2.93. The first kappa shape index (κ1) is 13.4. The van der Waals surface area contributed by atoms with Gasteiger partial charge in [0.05, 0.1) is 6.20 Å². The Kier molecular flexibility index (Phi) is 4.16. The molecule has 20 heavy (non-hydrogen) atoms. The quantitative estimate of drug-likeness (QED) is 0.887. The van der Waals surface area contributed by atoms with Crippen molar-refractivity contribution in [1.82, 2.24) is 15.4 Å². The minimum atomic E-state index is 0.685. The maximum atomic E-state index is 6.35. The monoisotopic (exact) mass is 287 g/mol. The highest BCUT2D eigenvalue weighted by Gasteiger charge is 2.12. The van der Waals surface area contributed by atoms with Gasteiger partial charge in [0.2, 0.25) is 0 Å². The lowest BCUT2D eigenvalue weighted by Crippen LogP contribution is -2.02. The molecule has 104 valence electrons. The first-order valence-electron chi connectivity index (χ1n) is 7.17. The van der Waals surface area contributed by atoms with Crippen molar-refractivity contribution in [3.05, 3.63) is 41.1 Å². The summed E-state index contributed by atoms with van der Waals surface area (Å²) < 4.78 is 0. The number of benzene rings is 1. The molecule has 4 heteroatoms. The van der Waals surface area contributed by atoms with Crippen molar-refractivity contribution in [2.45, 2.75) is 32.1 Å². The van der Waals surface area contributed by atoms with Gasteiger partial charge in [0.25, 0.3) is 0 Å². The number of aromatic amines is 1. The van der Waals surface area contributed by atoms with Crippen LogP contribution in [0.5, 0.6) is 0 Å². The number of hydrogen-bond donors (Lipinski definition) is 1. The molecule has 0 spiro atoms. The third-order valence-corrected chi connectivity index (χ3v) is 4.26. The van der Waals surface area contributed by atoms with Crippen LogP contribution < -0.4 is 0 Å². The summed E-state index contributed by atoms with van der Waals surface area (Å²) >= 11 is 6.35. The minimum Gasteiger partial charge on any atom is -0.197 e. The van der Waals surface area contributed by atoms with Gasteiger partial charge in [0.15, 0.2) is 0 Å². The molecular weight excluding hydrogens is 270 g/mol. The van der Waals surface area contributed by atoms with Crippen LogP contribution in [-0.4, -0.2) is 15.4 Å². The lowest BCUT2D eigenvalue weighted by atomic mass is 9.88. The van der Waals surface area contributed by atoms with Crippen molar-refractivity contribution in [1.29, 1.82) is 0 Å². The Hall–Kier alpha value is -1.61. The van der Waals surface area contributed by atoms with Gasteiger partial charge in [-0.15, -0.1) is 0 Å². The Morgan fingerprint density at radius 1 is 1.20 bits per heavy atom. The molecule has 3 nitrogen and oxygen atoms in total. The fourth-order valence-corrected chi connectivity index (χ4v) is 3.06. The Labute approximate surface area is 124 Å².